The predicted molar refractivity (Wildman–Crippen MR) is 72.8 cm³/mol. The standard InChI is InChI=1S/C13H14ClN3/c1-8(2)9-4-10(6-11(14)5-9)12-7-16-17(3)13(12)15/h4-7H,1,15H2,2-3H3. The molecule has 2 aromatic rings. The number of aromatic nitrogens is 2. The molecule has 1 heterocycles. The Morgan fingerprint density at radius 2 is 2.12 bits per heavy atom. The molecule has 0 saturated heterocycles. The van der Waals surface area contributed by atoms with Crippen LogP contribution >= 0.6 is 11.6 Å². The van der Waals surface area contributed by atoms with Gasteiger partial charge in [0.2, 0.25) is 0 Å². The van der Waals surface area contributed by atoms with Crippen molar-refractivity contribution < 1.29 is 0 Å². The quantitative estimate of drug-likeness (QED) is 0.884. The molecule has 3 nitrogen and oxygen atoms in total. The van der Waals surface area contributed by atoms with E-state index >= 15 is 0 Å². The van der Waals surface area contributed by atoms with Gasteiger partial charge in [-0.15, -0.1) is 0 Å². The highest BCUT2D eigenvalue weighted by molar-refractivity contribution is 6.31. The number of halogens is 1. The number of nitrogens with zero attached hydrogens (tertiary/aromatic N) is 2. The van der Waals surface area contributed by atoms with Crippen molar-refractivity contribution in [2.75, 3.05) is 5.73 Å². The average molecular weight is 248 g/mol. The van der Waals surface area contributed by atoms with Gasteiger partial charge in [-0.1, -0.05) is 23.8 Å². The topological polar surface area (TPSA) is 43.8 Å². The molecule has 0 spiro atoms. The van der Waals surface area contributed by atoms with Crippen molar-refractivity contribution in [2.45, 2.75) is 6.92 Å². The Balaban J connectivity index is 2.60. The van der Waals surface area contributed by atoms with Crippen LogP contribution < -0.4 is 5.73 Å². The number of aryl methyl sites for hydroxylation is 1. The van der Waals surface area contributed by atoms with Crippen LogP contribution in [0.2, 0.25) is 5.02 Å². The third kappa shape index (κ3) is 2.19. The molecule has 0 radical (unpaired) electrons. The van der Waals surface area contributed by atoms with Crippen LogP contribution in [0.1, 0.15) is 12.5 Å². The zero-order chi connectivity index (χ0) is 12.6. The summed E-state index contributed by atoms with van der Waals surface area (Å²) in [5.74, 6) is 0.625. The molecule has 0 saturated carbocycles. The Kier molecular flexibility index (Phi) is 2.94. The number of rotatable bonds is 2. The van der Waals surface area contributed by atoms with Crippen molar-refractivity contribution in [1.29, 1.82) is 0 Å². The van der Waals surface area contributed by atoms with E-state index in [0.717, 1.165) is 22.3 Å². The Hall–Kier alpha value is -1.74. The molecule has 0 bridgehead atoms. The van der Waals surface area contributed by atoms with Gasteiger partial charge in [-0.3, -0.25) is 4.68 Å². The monoisotopic (exact) mass is 247 g/mol. The highest BCUT2D eigenvalue weighted by Gasteiger charge is 2.09. The minimum absolute atomic E-state index is 0.625. The first-order valence-electron chi connectivity index (χ1n) is 5.23. The molecule has 0 aliphatic heterocycles. The molecule has 17 heavy (non-hydrogen) atoms. The summed E-state index contributed by atoms with van der Waals surface area (Å²) in [6.45, 7) is 5.86. The van der Waals surface area contributed by atoms with Gasteiger partial charge in [0.1, 0.15) is 5.82 Å². The van der Waals surface area contributed by atoms with Gasteiger partial charge in [-0.2, -0.15) is 5.10 Å². The molecule has 88 valence electrons. The third-order valence-corrected chi connectivity index (χ3v) is 2.90. The van der Waals surface area contributed by atoms with E-state index in [1.807, 2.05) is 32.2 Å². The molecule has 4 heteroatoms. The summed E-state index contributed by atoms with van der Waals surface area (Å²) in [5, 5.41) is 4.79. The maximum absolute atomic E-state index is 6.09. The SMILES string of the molecule is C=C(C)c1cc(Cl)cc(-c2cnn(C)c2N)c1. The number of benzene rings is 1. The van der Waals surface area contributed by atoms with Gasteiger partial charge >= 0.3 is 0 Å². The Morgan fingerprint density at radius 1 is 1.41 bits per heavy atom. The average Bonchev–Trinajstić information content (AvgIpc) is 2.59. The number of nitrogen functional groups attached to an aromatic ring is 1. The van der Waals surface area contributed by atoms with E-state index in [4.69, 9.17) is 17.3 Å². The zero-order valence-electron chi connectivity index (χ0n) is 9.87. The van der Waals surface area contributed by atoms with Crippen molar-refractivity contribution in [1.82, 2.24) is 9.78 Å². The largest absolute Gasteiger partial charge is 0.383 e. The first-order chi connectivity index (χ1) is 7.99. The van der Waals surface area contributed by atoms with Crippen LogP contribution in [0, 0.1) is 0 Å². The summed E-state index contributed by atoms with van der Waals surface area (Å²) in [6, 6.07) is 5.78. The van der Waals surface area contributed by atoms with Crippen LogP contribution in [0.5, 0.6) is 0 Å². The fourth-order valence-electron chi connectivity index (χ4n) is 1.66. The lowest BCUT2D eigenvalue weighted by Gasteiger charge is -2.06. The van der Waals surface area contributed by atoms with E-state index in [0.29, 0.717) is 10.8 Å². The van der Waals surface area contributed by atoms with Crippen molar-refractivity contribution in [3.63, 3.8) is 0 Å². The number of hydrogen-bond acceptors (Lipinski definition) is 2. The first-order valence-corrected chi connectivity index (χ1v) is 5.61. The predicted octanol–water partition coefficient (Wildman–Crippen LogP) is 3.36. The van der Waals surface area contributed by atoms with E-state index in [-0.39, 0.29) is 0 Å². The molecule has 1 aromatic heterocycles. The third-order valence-electron chi connectivity index (χ3n) is 2.69. The first kappa shape index (κ1) is 11.7. The molecule has 0 atom stereocenters. The summed E-state index contributed by atoms with van der Waals surface area (Å²) in [7, 11) is 1.81. The van der Waals surface area contributed by atoms with Gasteiger partial charge in [0.05, 0.1) is 6.20 Å². The molecule has 2 rings (SSSR count). The molecular formula is C13H14ClN3. The number of nitrogens with two attached hydrogens (primary N) is 1. The van der Waals surface area contributed by atoms with E-state index in [2.05, 4.69) is 11.7 Å². The van der Waals surface area contributed by atoms with E-state index in [1.54, 1.807) is 10.9 Å². The summed E-state index contributed by atoms with van der Waals surface area (Å²) >= 11 is 6.09. The van der Waals surface area contributed by atoms with E-state index < -0.39 is 0 Å². The number of hydrogen-bond donors (Lipinski definition) is 1. The molecule has 1 aromatic carbocycles. The van der Waals surface area contributed by atoms with Crippen molar-refractivity contribution in [3.8, 4) is 11.1 Å². The fraction of sp³-hybridized carbons (Fsp3) is 0.154. The van der Waals surface area contributed by atoms with Crippen LogP contribution in [0.4, 0.5) is 5.82 Å². The molecule has 0 unspecified atom stereocenters. The minimum Gasteiger partial charge on any atom is -0.383 e. The number of anilines is 1. The lowest BCUT2D eigenvalue weighted by Crippen LogP contribution is -1.98. The summed E-state index contributed by atoms with van der Waals surface area (Å²) in [5.41, 5.74) is 9.77. The highest BCUT2D eigenvalue weighted by atomic mass is 35.5. The van der Waals surface area contributed by atoms with Gasteiger partial charge in [0, 0.05) is 17.6 Å². The van der Waals surface area contributed by atoms with Gasteiger partial charge < -0.3 is 5.73 Å². The van der Waals surface area contributed by atoms with Crippen molar-refractivity contribution >= 4 is 23.0 Å². The lowest BCUT2D eigenvalue weighted by molar-refractivity contribution is 0.779. The molecular weight excluding hydrogens is 234 g/mol. The molecule has 2 N–H and O–H groups in total. The van der Waals surface area contributed by atoms with Crippen LogP contribution in [0.15, 0.2) is 31.0 Å². The van der Waals surface area contributed by atoms with Gasteiger partial charge in [0.25, 0.3) is 0 Å². The zero-order valence-corrected chi connectivity index (χ0v) is 10.6. The fourth-order valence-corrected chi connectivity index (χ4v) is 1.90. The second-order valence-corrected chi connectivity index (χ2v) is 4.51. The molecule has 0 aliphatic carbocycles. The Morgan fingerprint density at radius 3 is 2.65 bits per heavy atom. The lowest BCUT2D eigenvalue weighted by atomic mass is 10.0. The molecule has 0 amide bonds. The van der Waals surface area contributed by atoms with Crippen molar-refractivity contribution in [2.24, 2.45) is 7.05 Å². The smallest absolute Gasteiger partial charge is 0.129 e. The Labute approximate surface area is 106 Å². The van der Waals surface area contributed by atoms with Gasteiger partial charge in [-0.25, -0.2) is 0 Å². The van der Waals surface area contributed by atoms with Crippen LogP contribution in [0.25, 0.3) is 16.7 Å². The van der Waals surface area contributed by atoms with Crippen LogP contribution in [0.3, 0.4) is 0 Å². The van der Waals surface area contributed by atoms with Gasteiger partial charge in [-0.05, 0) is 36.2 Å². The highest BCUT2D eigenvalue weighted by Crippen LogP contribution is 2.30. The van der Waals surface area contributed by atoms with Crippen molar-refractivity contribution in [3.05, 3.63) is 41.6 Å². The second kappa shape index (κ2) is 4.26. The Bertz CT molecular complexity index is 584. The van der Waals surface area contributed by atoms with E-state index in [9.17, 15) is 0 Å². The normalized spacial score (nSPS) is 10.5. The summed E-state index contributed by atoms with van der Waals surface area (Å²) in [4.78, 5) is 0. The summed E-state index contributed by atoms with van der Waals surface area (Å²) < 4.78 is 1.64. The second-order valence-electron chi connectivity index (χ2n) is 4.08. The van der Waals surface area contributed by atoms with Crippen LogP contribution in [-0.2, 0) is 7.05 Å². The summed E-state index contributed by atoms with van der Waals surface area (Å²) in [6.07, 6.45) is 1.74. The maximum Gasteiger partial charge on any atom is 0.129 e. The molecule has 0 fully saturated rings. The van der Waals surface area contributed by atoms with Crippen LogP contribution in [-0.4, -0.2) is 9.78 Å². The molecule has 0 aliphatic rings. The maximum atomic E-state index is 6.09. The number of allylic oxidation sites excluding steroid dienone is 1. The minimum atomic E-state index is 0.625. The van der Waals surface area contributed by atoms with Gasteiger partial charge in [0.15, 0.2) is 0 Å². The van der Waals surface area contributed by atoms with E-state index in [1.165, 1.54) is 0 Å².